The predicted molar refractivity (Wildman–Crippen MR) is 52.7 cm³/mol. The van der Waals surface area contributed by atoms with Crippen LogP contribution in [0.25, 0.3) is 0 Å². The second kappa shape index (κ2) is 5.07. The van der Waals surface area contributed by atoms with E-state index < -0.39 is 8.03 Å². The molecule has 0 spiro atoms. The molecule has 0 radical (unpaired) electrons. The molecule has 1 rings (SSSR count). The van der Waals surface area contributed by atoms with Crippen LogP contribution in [0.2, 0.25) is 0 Å². The molecule has 0 saturated heterocycles. The summed E-state index contributed by atoms with van der Waals surface area (Å²) in [7, 11) is -2.01. The largest absolute Gasteiger partial charge is 0.505 e. The van der Waals surface area contributed by atoms with E-state index >= 15 is 0 Å². The van der Waals surface area contributed by atoms with Crippen molar-refractivity contribution in [2.24, 2.45) is 5.73 Å². The van der Waals surface area contributed by atoms with E-state index in [9.17, 15) is 4.57 Å². The zero-order valence-corrected chi connectivity index (χ0v) is 8.21. The first kappa shape index (κ1) is 10.3. The van der Waals surface area contributed by atoms with E-state index in [4.69, 9.17) is 10.6 Å². The Morgan fingerprint density at radius 1 is 1.23 bits per heavy atom. The van der Waals surface area contributed by atoms with Crippen LogP contribution in [0.4, 0.5) is 0 Å². The fourth-order valence-corrected chi connectivity index (χ4v) is 1.52. The summed E-state index contributed by atoms with van der Waals surface area (Å²) in [4.78, 5) is 8.60. The van der Waals surface area contributed by atoms with Gasteiger partial charge < -0.3 is 5.73 Å². The summed E-state index contributed by atoms with van der Waals surface area (Å²) in [6.45, 7) is 0.536. The summed E-state index contributed by atoms with van der Waals surface area (Å²) in [6.07, 6.45) is 0.980. The lowest BCUT2D eigenvalue weighted by Gasteiger charge is -1.98. The standard InChI is InChI=1S/C9H12NO2P/c10-7-9-3-1-8(2-4-9)5-6-13(11)12/h1-4H,5-7,10H2/p+1. The number of hydrogen-bond acceptors (Lipinski definition) is 2. The summed E-state index contributed by atoms with van der Waals surface area (Å²) in [5.74, 6) is 0. The molecule has 1 atom stereocenters. The van der Waals surface area contributed by atoms with Gasteiger partial charge in [0, 0.05) is 13.0 Å². The molecule has 0 aromatic heterocycles. The molecule has 3 nitrogen and oxygen atoms in total. The smallest absolute Gasteiger partial charge is 0.326 e. The third-order valence-electron chi connectivity index (χ3n) is 1.85. The lowest BCUT2D eigenvalue weighted by molar-refractivity contribution is 0.502. The van der Waals surface area contributed by atoms with E-state index in [2.05, 4.69) is 0 Å². The van der Waals surface area contributed by atoms with Crippen LogP contribution in [0.1, 0.15) is 11.1 Å². The highest BCUT2D eigenvalue weighted by atomic mass is 31.1. The summed E-state index contributed by atoms with van der Waals surface area (Å²) >= 11 is 0. The normalized spacial score (nSPS) is 11.4. The van der Waals surface area contributed by atoms with E-state index in [1.54, 1.807) is 0 Å². The third-order valence-corrected chi connectivity index (χ3v) is 2.46. The second-order valence-corrected chi connectivity index (χ2v) is 4.00. The quantitative estimate of drug-likeness (QED) is 0.719. The average Bonchev–Trinajstić information content (AvgIpc) is 2.15. The summed E-state index contributed by atoms with van der Waals surface area (Å²) < 4.78 is 10.4. The molecule has 0 aliphatic heterocycles. The zero-order valence-electron chi connectivity index (χ0n) is 7.31. The van der Waals surface area contributed by atoms with Crippen LogP contribution < -0.4 is 5.73 Å². The summed E-state index contributed by atoms with van der Waals surface area (Å²) in [5, 5.41) is 0. The van der Waals surface area contributed by atoms with Gasteiger partial charge in [0.25, 0.3) is 0 Å². The van der Waals surface area contributed by atoms with E-state index in [0.717, 1.165) is 11.1 Å². The van der Waals surface area contributed by atoms with Crippen LogP contribution in [-0.4, -0.2) is 11.1 Å². The van der Waals surface area contributed by atoms with Gasteiger partial charge in [-0.1, -0.05) is 24.3 Å². The Kier molecular flexibility index (Phi) is 4.03. The molecule has 0 fully saturated rings. The van der Waals surface area contributed by atoms with Crippen molar-refractivity contribution < 1.29 is 9.46 Å². The number of hydrogen-bond donors (Lipinski definition) is 2. The number of benzene rings is 1. The summed E-state index contributed by atoms with van der Waals surface area (Å²) in [5.41, 5.74) is 7.59. The Balaban J connectivity index is 2.54. The van der Waals surface area contributed by atoms with Gasteiger partial charge in [0.15, 0.2) is 6.16 Å². The Labute approximate surface area is 78.5 Å². The maximum Gasteiger partial charge on any atom is 0.505 e. The van der Waals surface area contributed by atoms with E-state index in [0.29, 0.717) is 19.1 Å². The van der Waals surface area contributed by atoms with Gasteiger partial charge in [0.05, 0.1) is 0 Å². The van der Waals surface area contributed by atoms with Gasteiger partial charge in [-0.25, -0.2) is 0 Å². The fraction of sp³-hybridized carbons (Fsp3) is 0.333. The Bertz CT molecular complexity index is 284. The van der Waals surface area contributed by atoms with Crippen LogP contribution in [0.5, 0.6) is 0 Å². The molecule has 4 heteroatoms. The minimum absolute atomic E-state index is 0.331. The Morgan fingerprint density at radius 2 is 1.77 bits per heavy atom. The molecule has 0 heterocycles. The molecular weight excluding hydrogens is 185 g/mol. The van der Waals surface area contributed by atoms with E-state index in [1.807, 2.05) is 24.3 Å². The van der Waals surface area contributed by atoms with Crippen molar-refractivity contribution in [1.82, 2.24) is 0 Å². The number of nitrogens with two attached hydrogens (primary N) is 1. The second-order valence-electron chi connectivity index (χ2n) is 2.85. The van der Waals surface area contributed by atoms with Crippen LogP contribution in [0.15, 0.2) is 24.3 Å². The third kappa shape index (κ3) is 3.64. The minimum atomic E-state index is -2.01. The van der Waals surface area contributed by atoms with Gasteiger partial charge in [0.1, 0.15) is 0 Å². The van der Waals surface area contributed by atoms with Crippen molar-refractivity contribution in [3.63, 3.8) is 0 Å². The first-order valence-electron chi connectivity index (χ1n) is 4.14. The maximum absolute atomic E-state index is 10.4. The predicted octanol–water partition coefficient (Wildman–Crippen LogP) is 1.42. The lowest BCUT2D eigenvalue weighted by atomic mass is 10.1. The Hall–Kier alpha value is -0.760. The molecule has 0 bridgehead atoms. The van der Waals surface area contributed by atoms with E-state index in [-0.39, 0.29) is 0 Å². The van der Waals surface area contributed by atoms with E-state index in [1.165, 1.54) is 0 Å². The first-order valence-corrected chi connectivity index (χ1v) is 5.53. The number of rotatable bonds is 4. The molecule has 0 saturated carbocycles. The maximum atomic E-state index is 10.4. The van der Waals surface area contributed by atoms with Gasteiger partial charge in [0.2, 0.25) is 0 Å². The number of aryl methyl sites for hydroxylation is 1. The first-order chi connectivity index (χ1) is 6.22. The molecule has 0 aliphatic rings. The van der Waals surface area contributed by atoms with Gasteiger partial charge in [-0.2, -0.15) is 4.89 Å². The van der Waals surface area contributed by atoms with Crippen molar-refractivity contribution in [2.75, 3.05) is 6.16 Å². The molecule has 0 aliphatic carbocycles. The molecule has 1 unspecified atom stereocenters. The minimum Gasteiger partial charge on any atom is -0.326 e. The van der Waals surface area contributed by atoms with Crippen LogP contribution in [0.3, 0.4) is 0 Å². The van der Waals surface area contributed by atoms with Crippen molar-refractivity contribution >= 4 is 8.03 Å². The zero-order chi connectivity index (χ0) is 9.68. The topological polar surface area (TPSA) is 63.3 Å². The highest BCUT2D eigenvalue weighted by Crippen LogP contribution is 2.15. The molecule has 1 aromatic carbocycles. The van der Waals surface area contributed by atoms with Crippen LogP contribution in [0, 0.1) is 0 Å². The van der Waals surface area contributed by atoms with Crippen LogP contribution >= 0.6 is 8.03 Å². The molecule has 3 N–H and O–H groups in total. The van der Waals surface area contributed by atoms with Crippen molar-refractivity contribution in [3.8, 4) is 0 Å². The van der Waals surface area contributed by atoms with Gasteiger partial charge >= 0.3 is 8.03 Å². The molecular formula is C9H13NO2P+. The fourth-order valence-electron chi connectivity index (χ4n) is 1.07. The monoisotopic (exact) mass is 198 g/mol. The average molecular weight is 198 g/mol. The van der Waals surface area contributed by atoms with Gasteiger partial charge in [-0.3, -0.25) is 0 Å². The van der Waals surface area contributed by atoms with Crippen molar-refractivity contribution in [2.45, 2.75) is 13.0 Å². The Morgan fingerprint density at radius 3 is 2.23 bits per heavy atom. The van der Waals surface area contributed by atoms with Gasteiger partial charge in [-0.05, 0) is 15.7 Å². The molecule has 0 amide bonds. The molecule has 1 aromatic rings. The lowest BCUT2D eigenvalue weighted by Crippen LogP contribution is -1.96. The highest BCUT2D eigenvalue weighted by Gasteiger charge is 2.09. The van der Waals surface area contributed by atoms with Crippen molar-refractivity contribution in [1.29, 1.82) is 0 Å². The summed E-state index contributed by atoms with van der Waals surface area (Å²) in [6, 6.07) is 7.78. The van der Waals surface area contributed by atoms with Gasteiger partial charge in [-0.15, -0.1) is 0 Å². The van der Waals surface area contributed by atoms with Crippen LogP contribution in [-0.2, 0) is 17.5 Å². The highest BCUT2D eigenvalue weighted by molar-refractivity contribution is 7.37. The molecule has 70 valence electrons. The van der Waals surface area contributed by atoms with Crippen molar-refractivity contribution in [3.05, 3.63) is 35.4 Å². The SMILES string of the molecule is NCc1ccc(CC[P+](=O)O)cc1. The molecule has 13 heavy (non-hydrogen) atoms.